The summed E-state index contributed by atoms with van der Waals surface area (Å²) < 4.78 is 15.1. The fraction of sp³-hybridized carbons (Fsp3) is 0.211. The lowest BCUT2D eigenvalue weighted by Gasteiger charge is -2.22. The van der Waals surface area contributed by atoms with Gasteiger partial charge in [0.05, 0.1) is 22.9 Å². The Hall–Kier alpha value is -3.02. The van der Waals surface area contributed by atoms with Crippen molar-refractivity contribution in [3.63, 3.8) is 0 Å². The molecular formula is C19H18FN3O2. The monoisotopic (exact) mass is 339 g/mol. The molecular weight excluding hydrogens is 321 g/mol. The molecule has 3 rings (SSSR count). The summed E-state index contributed by atoms with van der Waals surface area (Å²) in [7, 11) is 0. The van der Waals surface area contributed by atoms with Crippen molar-refractivity contribution >= 4 is 22.5 Å². The van der Waals surface area contributed by atoms with E-state index in [1.54, 1.807) is 36.4 Å². The van der Waals surface area contributed by atoms with Crippen molar-refractivity contribution in [2.24, 2.45) is 5.92 Å². The highest BCUT2D eigenvalue weighted by atomic mass is 19.1. The van der Waals surface area contributed by atoms with Gasteiger partial charge < -0.3 is 5.32 Å². The second-order valence-electron chi connectivity index (χ2n) is 6.13. The van der Waals surface area contributed by atoms with Crippen LogP contribution in [0.3, 0.4) is 0 Å². The summed E-state index contributed by atoms with van der Waals surface area (Å²) in [4.78, 5) is 29.8. The Labute approximate surface area is 144 Å². The van der Waals surface area contributed by atoms with Gasteiger partial charge >= 0.3 is 0 Å². The van der Waals surface area contributed by atoms with Crippen LogP contribution in [-0.2, 0) is 4.79 Å². The third-order valence-electron chi connectivity index (χ3n) is 4.02. The van der Waals surface area contributed by atoms with E-state index in [0.717, 1.165) is 0 Å². The van der Waals surface area contributed by atoms with Gasteiger partial charge in [0.1, 0.15) is 11.9 Å². The van der Waals surface area contributed by atoms with Crippen LogP contribution in [0.5, 0.6) is 0 Å². The van der Waals surface area contributed by atoms with Crippen molar-refractivity contribution in [3.8, 4) is 0 Å². The molecule has 2 aromatic carbocycles. The van der Waals surface area contributed by atoms with Gasteiger partial charge in [0.15, 0.2) is 0 Å². The third kappa shape index (κ3) is 3.28. The Balaban J connectivity index is 2.02. The van der Waals surface area contributed by atoms with Gasteiger partial charge in [0.2, 0.25) is 5.91 Å². The second kappa shape index (κ2) is 6.84. The quantitative estimate of drug-likeness (QED) is 0.792. The van der Waals surface area contributed by atoms with E-state index in [9.17, 15) is 14.0 Å². The highest BCUT2D eigenvalue weighted by Gasteiger charge is 2.26. The number of fused-ring (bicyclic) bond motifs is 1. The molecule has 0 aliphatic rings. The molecule has 0 aliphatic heterocycles. The lowest BCUT2D eigenvalue weighted by Crippen LogP contribution is -2.36. The number of halogens is 1. The number of carbonyl (C=O) groups excluding carboxylic acids is 1. The van der Waals surface area contributed by atoms with Crippen LogP contribution in [0.2, 0.25) is 0 Å². The highest BCUT2D eigenvalue weighted by Crippen LogP contribution is 2.21. The van der Waals surface area contributed by atoms with Crippen molar-refractivity contribution in [1.29, 1.82) is 0 Å². The average molecular weight is 339 g/mol. The molecule has 0 bridgehead atoms. The zero-order valence-corrected chi connectivity index (χ0v) is 13.9. The smallest absolute Gasteiger partial charge is 0.261 e. The number of amides is 1. The van der Waals surface area contributed by atoms with Crippen molar-refractivity contribution in [1.82, 2.24) is 9.55 Å². The number of para-hydroxylation sites is 2. The third-order valence-corrected chi connectivity index (χ3v) is 4.02. The molecule has 5 nitrogen and oxygen atoms in total. The Kier molecular flexibility index (Phi) is 4.61. The molecule has 0 saturated heterocycles. The highest BCUT2D eigenvalue weighted by molar-refractivity contribution is 5.94. The number of rotatable bonds is 4. The van der Waals surface area contributed by atoms with Gasteiger partial charge in [0.25, 0.3) is 5.56 Å². The van der Waals surface area contributed by atoms with Gasteiger partial charge in [-0.2, -0.15) is 0 Å². The fourth-order valence-electron chi connectivity index (χ4n) is 2.80. The van der Waals surface area contributed by atoms with Gasteiger partial charge in [-0.05, 0) is 30.2 Å². The zero-order valence-electron chi connectivity index (χ0n) is 13.9. The molecule has 3 aromatic rings. The predicted octanol–water partition coefficient (Wildman–Crippen LogP) is 3.37. The molecule has 0 radical (unpaired) electrons. The summed E-state index contributed by atoms with van der Waals surface area (Å²) in [5, 5.41) is 3.00. The van der Waals surface area contributed by atoms with E-state index in [1.165, 1.54) is 23.0 Å². The number of nitrogens with zero attached hydrogens (tertiary/aromatic N) is 2. The van der Waals surface area contributed by atoms with Crippen LogP contribution in [0.25, 0.3) is 10.9 Å². The van der Waals surface area contributed by atoms with Gasteiger partial charge in [-0.1, -0.05) is 38.1 Å². The van der Waals surface area contributed by atoms with E-state index in [1.807, 2.05) is 13.8 Å². The summed E-state index contributed by atoms with van der Waals surface area (Å²) in [5.41, 5.74) is 0.355. The topological polar surface area (TPSA) is 64.0 Å². The number of benzene rings is 2. The van der Waals surface area contributed by atoms with E-state index >= 15 is 0 Å². The summed E-state index contributed by atoms with van der Waals surface area (Å²) >= 11 is 0. The Morgan fingerprint density at radius 3 is 2.52 bits per heavy atom. The zero-order chi connectivity index (χ0) is 18.0. The number of aromatic nitrogens is 2. The van der Waals surface area contributed by atoms with E-state index in [2.05, 4.69) is 10.3 Å². The maximum Gasteiger partial charge on any atom is 0.261 e. The summed E-state index contributed by atoms with van der Waals surface area (Å²) in [6, 6.07) is 12.1. The maximum absolute atomic E-state index is 13.8. The molecule has 25 heavy (non-hydrogen) atoms. The molecule has 0 saturated carbocycles. The summed E-state index contributed by atoms with van der Waals surface area (Å²) in [6.45, 7) is 3.65. The lowest BCUT2D eigenvalue weighted by atomic mass is 10.0. The first-order valence-electron chi connectivity index (χ1n) is 8.00. The number of hydrogen-bond donors (Lipinski definition) is 1. The van der Waals surface area contributed by atoms with Crippen LogP contribution in [0, 0.1) is 11.7 Å². The molecule has 1 N–H and O–H groups in total. The first-order valence-corrected chi connectivity index (χ1v) is 8.00. The van der Waals surface area contributed by atoms with E-state index in [4.69, 9.17) is 0 Å². The minimum absolute atomic E-state index is 0.0833. The first kappa shape index (κ1) is 16.8. The normalized spacial score (nSPS) is 12.3. The average Bonchev–Trinajstić information content (AvgIpc) is 2.59. The number of nitrogens with one attached hydrogen (secondary N) is 1. The number of carbonyl (C=O) groups is 1. The molecule has 0 unspecified atom stereocenters. The van der Waals surface area contributed by atoms with Gasteiger partial charge in [-0.25, -0.2) is 9.37 Å². The molecule has 1 atom stereocenters. The molecule has 0 aliphatic carbocycles. The van der Waals surface area contributed by atoms with E-state index < -0.39 is 17.8 Å². The molecule has 1 amide bonds. The SMILES string of the molecule is CC(C)[C@H](C(=O)Nc1ccccc1F)n1cnc2ccccc2c1=O. The standard InChI is InChI=1S/C19H18FN3O2/c1-12(2)17(18(24)22-16-10-6-4-8-14(16)20)23-11-21-15-9-5-3-7-13(15)19(23)25/h3-12,17H,1-2H3,(H,22,24)/t17-/m1/s1. The van der Waals surface area contributed by atoms with Crippen LogP contribution in [0.4, 0.5) is 10.1 Å². The lowest BCUT2D eigenvalue weighted by molar-refractivity contribution is -0.120. The minimum Gasteiger partial charge on any atom is -0.322 e. The van der Waals surface area contributed by atoms with Gasteiger partial charge in [0, 0.05) is 0 Å². The van der Waals surface area contributed by atoms with Gasteiger partial charge in [-0.15, -0.1) is 0 Å². The molecule has 1 aromatic heterocycles. The Morgan fingerprint density at radius 1 is 1.12 bits per heavy atom. The van der Waals surface area contributed by atoms with E-state index in [0.29, 0.717) is 10.9 Å². The predicted molar refractivity (Wildman–Crippen MR) is 94.9 cm³/mol. The van der Waals surface area contributed by atoms with Crippen molar-refractivity contribution in [3.05, 3.63) is 71.0 Å². The summed E-state index contributed by atoms with van der Waals surface area (Å²) in [5.74, 6) is -1.17. The van der Waals surface area contributed by atoms with Crippen LogP contribution in [0.15, 0.2) is 59.7 Å². The first-order chi connectivity index (χ1) is 12.0. The Morgan fingerprint density at radius 2 is 1.80 bits per heavy atom. The fourth-order valence-corrected chi connectivity index (χ4v) is 2.80. The van der Waals surface area contributed by atoms with Crippen LogP contribution >= 0.6 is 0 Å². The molecule has 6 heteroatoms. The molecule has 0 fully saturated rings. The Bertz CT molecular complexity index is 982. The number of anilines is 1. The maximum atomic E-state index is 13.8. The van der Waals surface area contributed by atoms with Crippen LogP contribution in [-0.4, -0.2) is 15.5 Å². The molecule has 0 spiro atoms. The van der Waals surface area contributed by atoms with Gasteiger partial charge in [-0.3, -0.25) is 14.2 Å². The van der Waals surface area contributed by atoms with Crippen molar-refractivity contribution in [2.45, 2.75) is 19.9 Å². The minimum atomic E-state index is -0.802. The summed E-state index contributed by atoms with van der Waals surface area (Å²) in [6.07, 6.45) is 1.37. The largest absolute Gasteiger partial charge is 0.322 e. The second-order valence-corrected chi connectivity index (χ2v) is 6.13. The van der Waals surface area contributed by atoms with Crippen LogP contribution < -0.4 is 10.9 Å². The molecule has 1 heterocycles. The van der Waals surface area contributed by atoms with Crippen molar-refractivity contribution < 1.29 is 9.18 Å². The molecule has 128 valence electrons. The number of hydrogen-bond acceptors (Lipinski definition) is 3. The van der Waals surface area contributed by atoms with E-state index in [-0.39, 0.29) is 17.2 Å². The van der Waals surface area contributed by atoms with Crippen LogP contribution in [0.1, 0.15) is 19.9 Å². The van der Waals surface area contributed by atoms with Crippen molar-refractivity contribution in [2.75, 3.05) is 5.32 Å².